The molecule has 0 aliphatic rings. The van der Waals surface area contributed by atoms with E-state index in [1.54, 1.807) is 12.1 Å². The lowest BCUT2D eigenvalue weighted by molar-refractivity contribution is -0.142. The Kier molecular flexibility index (Phi) is 6.75. The fourth-order valence-corrected chi connectivity index (χ4v) is 2.32. The fraction of sp³-hybridized carbons (Fsp3) is 0.462. The lowest BCUT2D eigenvalue weighted by Gasteiger charge is -2.15. The van der Waals surface area contributed by atoms with Crippen LogP contribution in [-0.4, -0.2) is 31.4 Å². The minimum atomic E-state index is -0.329. The Morgan fingerprint density at radius 3 is 2.67 bits per heavy atom. The predicted molar refractivity (Wildman–Crippen MR) is 71.2 cm³/mol. The summed E-state index contributed by atoms with van der Waals surface area (Å²) in [5.74, 6) is 0.0456. The average Bonchev–Trinajstić information content (AvgIpc) is 2.40. The SMILES string of the molecule is CCCNC(CSc1ccc(F)cc1)C(=O)OC. The summed E-state index contributed by atoms with van der Waals surface area (Å²) in [5.41, 5.74) is 0. The molecule has 0 spiro atoms. The van der Waals surface area contributed by atoms with Crippen LogP contribution in [0, 0.1) is 5.82 Å². The van der Waals surface area contributed by atoms with E-state index in [4.69, 9.17) is 4.74 Å². The number of thioether (sulfide) groups is 1. The van der Waals surface area contributed by atoms with Gasteiger partial charge in [0, 0.05) is 10.6 Å². The summed E-state index contributed by atoms with van der Waals surface area (Å²) in [6, 6.07) is 5.90. The maximum absolute atomic E-state index is 12.7. The van der Waals surface area contributed by atoms with Gasteiger partial charge in [-0.1, -0.05) is 6.92 Å². The van der Waals surface area contributed by atoms with Crippen LogP contribution < -0.4 is 5.32 Å². The van der Waals surface area contributed by atoms with Crippen LogP contribution in [0.3, 0.4) is 0 Å². The highest BCUT2D eigenvalue weighted by atomic mass is 32.2. The summed E-state index contributed by atoms with van der Waals surface area (Å²) in [7, 11) is 1.38. The van der Waals surface area contributed by atoms with Gasteiger partial charge < -0.3 is 10.1 Å². The van der Waals surface area contributed by atoms with Crippen LogP contribution in [0.15, 0.2) is 29.2 Å². The second kappa shape index (κ2) is 8.11. The zero-order chi connectivity index (χ0) is 13.4. The van der Waals surface area contributed by atoms with Crippen LogP contribution in [0.4, 0.5) is 4.39 Å². The number of rotatable bonds is 7. The van der Waals surface area contributed by atoms with Crippen molar-refractivity contribution in [1.29, 1.82) is 0 Å². The lowest BCUT2D eigenvalue weighted by atomic mass is 10.3. The third kappa shape index (κ3) is 5.06. The number of methoxy groups -OCH3 is 1. The molecule has 0 fully saturated rings. The van der Waals surface area contributed by atoms with E-state index in [2.05, 4.69) is 5.32 Å². The van der Waals surface area contributed by atoms with Gasteiger partial charge in [0.25, 0.3) is 0 Å². The van der Waals surface area contributed by atoms with Crippen LogP contribution in [0.2, 0.25) is 0 Å². The highest BCUT2D eigenvalue weighted by Gasteiger charge is 2.18. The molecule has 0 radical (unpaired) electrons. The van der Waals surface area contributed by atoms with Crippen LogP contribution in [0.5, 0.6) is 0 Å². The first-order chi connectivity index (χ1) is 8.67. The first-order valence-electron chi connectivity index (χ1n) is 5.87. The highest BCUT2D eigenvalue weighted by Crippen LogP contribution is 2.19. The van der Waals surface area contributed by atoms with E-state index in [0.717, 1.165) is 17.9 Å². The summed E-state index contributed by atoms with van der Waals surface area (Å²) in [4.78, 5) is 12.5. The number of hydrogen-bond acceptors (Lipinski definition) is 4. The molecule has 0 aromatic heterocycles. The van der Waals surface area contributed by atoms with Crippen molar-refractivity contribution >= 4 is 17.7 Å². The van der Waals surface area contributed by atoms with Gasteiger partial charge in [0.05, 0.1) is 7.11 Å². The number of esters is 1. The van der Waals surface area contributed by atoms with Crippen molar-refractivity contribution in [3.63, 3.8) is 0 Å². The normalized spacial score (nSPS) is 12.2. The van der Waals surface area contributed by atoms with Gasteiger partial charge in [-0.15, -0.1) is 11.8 Å². The molecule has 0 saturated heterocycles. The van der Waals surface area contributed by atoms with Gasteiger partial charge in [0.15, 0.2) is 0 Å². The molecule has 1 aromatic rings. The zero-order valence-corrected chi connectivity index (χ0v) is 11.4. The molecule has 0 bridgehead atoms. The molecule has 1 unspecified atom stereocenters. The van der Waals surface area contributed by atoms with Gasteiger partial charge >= 0.3 is 5.97 Å². The maximum Gasteiger partial charge on any atom is 0.323 e. The molecule has 0 heterocycles. The molecule has 0 aliphatic heterocycles. The molecule has 0 amide bonds. The molecule has 1 atom stereocenters. The number of nitrogens with one attached hydrogen (secondary N) is 1. The van der Waals surface area contributed by atoms with Crippen LogP contribution in [-0.2, 0) is 9.53 Å². The molecule has 0 saturated carbocycles. The first kappa shape index (κ1) is 15.0. The Labute approximate surface area is 111 Å². The van der Waals surface area contributed by atoms with Crippen molar-refractivity contribution in [2.45, 2.75) is 24.3 Å². The average molecular weight is 271 g/mol. The minimum Gasteiger partial charge on any atom is -0.468 e. The molecule has 0 aliphatic carbocycles. The van der Waals surface area contributed by atoms with Gasteiger partial charge in [-0.25, -0.2) is 4.39 Å². The Morgan fingerprint density at radius 1 is 1.44 bits per heavy atom. The van der Waals surface area contributed by atoms with Crippen molar-refractivity contribution in [2.75, 3.05) is 19.4 Å². The highest BCUT2D eigenvalue weighted by molar-refractivity contribution is 7.99. The van der Waals surface area contributed by atoms with Crippen molar-refractivity contribution in [3.8, 4) is 0 Å². The van der Waals surface area contributed by atoms with Gasteiger partial charge in [0.1, 0.15) is 11.9 Å². The predicted octanol–water partition coefficient (Wildman–Crippen LogP) is 2.46. The number of halogens is 1. The molecular formula is C13H18FNO2S. The summed E-state index contributed by atoms with van der Waals surface area (Å²) in [5, 5.41) is 3.13. The Bertz CT molecular complexity index is 370. The van der Waals surface area contributed by atoms with E-state index < -0.39 is 0 Å². The summed E-state index contributed by atoms with van der Waals surface area (Å²) < 4.78 is 17.5. The number of carbonyl (C=O) groups is 1. The number of benzene rings is 1. The van der Waals surface area contributed by atoms with E-state index in [-0.39, 0.29) is 17.8 Å². The second-order valence-corrected chi connectivity index (χ2v) is 4.89. The van der Waals surface area contributed by atoms with E-state index in [1.165, 1.54) is 31.0 Å². The van der Waals surface area contributed by atoms with Crippen LogP contribution in [0.1, 0.15) is 13.3 Å². The number of hydrogen-bond donors (Lipinski definition) is 1. The third-order valence-corrected chi connectivity index (χ3v) is 3.46. The second-order valence-electron chi connectivity index (χ2n) is 3.79. The van der Waals surface area contributed by atoms with Crippen LogP contribution >= 0.6 is 11.8 Å². The number of ether oxygens (including phenoxy) is 1. The fourth-order valence-electron chi connectivity index (χ4n) is 1.38. The first-order valence-corrected chi connectivity index (χ1v) is 6.85. The van der Waals surface area contributed by atoms with Gasteiger partial charge in [-0.05, 0) is 37.2 Å². The van der Waals surface area contributed by atoms with E-state index >= 15 is 0 Å². The maximum atomic E-state index is 12.7. The van der Waals surface area contributed by atoms with Crippen molar-refractivity contribution in [3.05, 3.63) is 30.1 Å². The molecule has 1 rings (SSSR count). The van der Waals surface area contributed by atoms with Crippen LogP contribution in [0.25, 0.3) is 0 Å². The molecule has 1 aromatic carbocycles. The smallest absolute Gasteiger partial charge is 0.323 e. The third-order valence-electron chi connectivity index (χ3n) is 2.36. The Balaban J connectivity index is 2.50. The van der Waals surface area contributed by atoms with E-state index in [9.17, 15) is 9.18 Å². The van der Waals surface area contributed by atoms with E-state index in [0.29, 0.717) is 5.75 Å². The molecular weight excluding hydrogens is 253 g/mol. The molecule has 1 N–H and O–H groups in total. The quantitative estimate of drug-likeness (QED) is 0.611. The lowest BCUT2D eigenvalue weighted by Crippen LogP contribution is -2.40. The molecule has 3 nitrogen and oxygen atoms in total. The van der Waals surface area contributed by atoms with Gasteiger partial charge in [0.2, 0.25) is 0 Å². The Hall–Kier alpha value is -1.07. The molecule has 100 valence electrons. The topological polar surface area (TPSA) is 38.3 Å². The van der Waals surface area contributed by atoms with Crippen molar-refractivity contribution in [2.24, 2.45) is 0 Å². The number of carbonyl (C=O) groups excluding carboxylic acids is 1. The minimum absolute atomic E-state index is 0.257. The van der Waals surface area contributed by atoms with Gasteiger partial charge in [-0.3, -0.25) is 4.79 Å². The van der Waals surface area contributed by atoms with Crippen molar-refractivity contribution in [1.82, 2.24) is 5.32 Å². The monoisotopic (exact) mass is 271 g/mol. The van der Waals surface area contributed by atoms with E-state index in [1.807, 2.05) is 6.92 Å². The Morgan fingerprint density at radius 2 is 2.11 bits per heavy atom. The zero-order valence-electron chi connectivity index (χ0n) is 10.6. The van der Waals surface area contributed by atoms with Crippen molar-refractivity contribution < 1.29 is 13.9 Å². The molecule has 18 heavy (non-hydrogen) atoms. The standard InChI is InChI=1S/C13H18FNO2S/c1-3-8-15-12(13(16)17-2)9-18-11-6-4-10(14)5-7-11/h4-7,12,15H,3,8-9H2,1-2H3. The summed E-state index contributed by atoms with van der Waals surface area (Å²) in [6.07, 6.45) is 0.953. The largest absolute Gasteiger partial charge is 0.468 e. The van der Waals surface area contributed by atoms with Gasteiger partial charge in [-0.2, -0.15) is 0 Å². The molecule has 5 heteroatoms. The summed E-state index contributed by atoms with van der Waals surface area (Å²) >= 11 is 1.50. The summed E-state index contributed by atoms with van der Waals surface area (Å²) in [6.45, 7) is 2.80.